The first-order valence-electron chi connectivity index (χ1n) is 11.6. The number of hydrogen-bond donors (Lipinski definition) is 1. The fourth-order valence-corrected chi connectivity index (χ4v) is 5.03. The summed E-state index contributed by atoms with van der Waals surface area (Å²) in [5, 5.41) is 20.6. The first-order chi connectivity index (χ1) is 17.0. The highest BCUT2D eigenvalue weighted by atomic mass is 35.5. The number of hydrogen-bond acceptors (Lipinski definition) is 4. The van der Waals surface area contributed by atoms with Gasteiger partial charge in [0.15, 0.2) is 0 Å². The first kappa shape index (κ1) is 21.5. The van der Waals surface area contributed by atoms with Crippen molar-refractivity contribution in [2.24, 2.45) is 7.05 Å². The third kappa shape index (κ3) is 3.31. The Balaban J connectivity index is 1.65. The van der Waals surface area contributed by atoms with Gasteiger partial charge in [-0.25, -0.2) is 0 Å². The maximum atomic E-state index is 9.93. The van der Waals surface area contributed by atoms with E-state index in [4.69, 9.17) is 17.0 Å². The van der Waals surface area contributed by atoms with Gasteiger partial charge < -0.3 is 9.47 Å². The first-order valence-corrected chi connectivity index (χ1v) is 11.9. The maximum Gasteiger partial charge on any atom is 0.207 e. The highest BCUT2D eigenvalue weighted by Gasteiger charge is 2.22. The van der Waals surface area contributed by atoms with E-state index in [1.165, 1.54) is 0 Å². The van der Waals surface area contributed by atoms with E-state index in [0.717, 1.165) is 69.5 Å². The average Bonchev–Trinajstić information content (AvgIpc) is 3.09. The van der Waals surface area contributed by atoms with Crippen LogP contribution in [0.2, 0.25) is 5.02 Å². The largest absolute Gasteiger partial charge is 0.370 e. The van der Waals surface area contributed by atoms with Crippen LogP contribution < -0.4 is 10.5 Å². The Kier molecular flexibility index (Phi) is 4.91. The molecule has 172 valence electrons. The van der Waals surface area contributed by atoms with Gasteiger partial charge >= 0.3 is 0 Å². The van der Waals surface area contributed by atoms with Gasteiger partial charge in [-0.3, -0.25) is 15.0 Å². The number of aromatic nitrogens is 3. The predicted octanol–water partition coefficient (Wildman–Crippen LogP) is 5.71. The van der Waals surface area contributed by atoms with E-state index in [0.29, 0.717) is 16.2 Å². The summed E-state index contributed by atoms with van der Waals surface area (Å²) >= 11 is 6.10. The minimum absolute atomic E-state index is 0.329. The van der Waals surface area contributed by atoms with Gasteiger partial charge in [0.05, 0.1) is 39.7 Å². The molecule has 2 aromatic heterocycles. The molecule has 6 nitrogen and oxygen atoms in total. The fraction of sp³-hybridized carbons (Fsp3) is 0.179. The van der Waals surface area contributed by atoms with Crippen molar-refractivity contribution in [3.05, 3.63) is 82.6 Å². The third-order valence-corrected chi connectivity index (χ3v) is 7.24. The molecule has 0 spiro atoms. The van der Waals surface area contributed by atoms with Gasteiger partial charge in [0.25, 0.3) is 0 Å². The van der Waals surface area contributed by atoms with Gasteiger partial charge in [0, 0.05) is 30.5 Å². The number of nitrogens with zero attached hydrogens (tertiary/aromatic N) is 5. The number of benzene rings is 3. The molecule has 35 heavy (non-hydrogen) atoms. The van der Waals surface area contributed by atoms with Gasteiger partial charge in [0.2, 0.25) is 5.62 Å². The minimum atomic E-state index is 0.329. The second-order valence-electron chi connectivity index (χ2n) is 9.06. The predicted molar refractivity (Wildman–Crippen MR) is 140 cm³/mol. The monoisotopic (exact) mass is 478 g/mol. The van der Waals surface area contributed by atoms with Gasteiger partial charge in [-0.05, 0) is 66.4 Å². The van der Waals surface area contributed by atoms with E-state index in [-0.39, 0.29) is 0 Å². The van der Waals surface area contributed by atoms with Crippen LogP contribution in [0.4, 0.5) is 5.69 Å². The van der Waals surface area contributed by atoms with E-state index < -0.39 is 0 Å². The number of aryl methyl sites for hydroxylation is 2. The third-order valence-electron chi connectivity index (χ3n) is 6.98. The van der Waals surface area contributed by atoms with Crippen molar-refractivity contribution in [3.8, 4) is 22.9 Å². The average molecular weight is 479 g/mol. The molecule has 3 heterocycles. The maximum absolute atomic E-state index is 9.93. The molecule has 3 aromatic carbocycles. The topological polar surface area (TPSA) is 73.6 Å². The molecular weight excluding hydrogens is 456 g/mol. The number of imidazole rings is 1. The summed E-state index contributed by atoms with van der Waals surface area (Å²) < 4.78 is 3.78. The van der Waals surface area contributed by atoms with Gasteiger partial charge in [0.1, 0.15) is 6.07 Å². The van der Waals surface area contributed by atoms with Crippen molar-refractivity contribution in [3.63, 3.8) is 0 Å². The molecule has 7 heteroatoms. The highest BCUT2D eigenvalue weighted by molar-refractivity contribution is 6.30. The molecule has 1 aliphatic heterocycles. The molecule has 6 rings (SSSR count). The zero-order valence-corrected chi connectivity index (χ0v) is 20.3. The molecule has 0 aliphatic carbocycles. The lowest BCUT2D eigenvalue weighted by Crippen LogP contribution is -2.37. The van der Waals surface area contributed by atoms with Crippen LogP contribution in [-0.4, -0.2) is 27.2 Å². The van der Waals surface area contributed by atoms with Crippen LogP contribution in [0.15, 0.2) is 60.8 Å². The number of pyridine rings is 1. The number of fused-ring (bicyclic) bond motifs is 3. The molecule has 1 fully saturated rings. The van der Waals surface area contributed by atoms with Crippen molar-refractivity contribution in [1.82, 2.24) is 14.1 Å². The summed E-state index contributed by atoms with van der Waals surface area (Å²) in [7, 11) is 1.88. The number of anilines is 1. The summed E-state index contributed by atoms with van der Waals surface area (Å²) in [5.74, 6) is 0. The standard InChI is InChI=1S/C28H23ClN6/c1-17-12-25(34-10-3-11-34)20(15-30)14-24(17)35-27-22-13-19(18-4-7-21(29)8-5-18)6-9-23(22)32-16-26(27)33(2)28(35)31/h4-9,12-14,16,31H,3,10-11H2,1-2H3. The molecule has 0 radical (unpaired) electrons. The highest BCUT2D eigenvalue weighted by Crippen LogP contribution is 2.33. The number of rotatable bonds is 3. The lowest BCUT2D eigenvalue weighted by atomic mass is 10.0. The van der Waals surface area contributed by atoms with E-state index in [1.807, 2.05) is 65.7 Å². The normalized spacial score (nSPS) is 13.3. The van der Waals surface area contributed by atoms with Crippen molar-refractivity contribution < 1.29 is 0 Å². The summed E-state index contributed by atoms with van der Waals surface area (Å²) in [4.78, 5) is 6.92. The van der Waals surface area contributed by atoms with Crippen molar-refractivity contribution >= 4 is 39.2 Å². The Morgan fingerprint density at radius 3 is 2.43 bits per heavy atom. The SMILES string of the molecule is Cc1cc(N2CCC2)c(C#N)cc1-n1c(=N)n(C)c2cnc3ccc(-c4ccc(Cl)cc4)cc3c21. The molecule has 5 aromatic rings. The molecule has 0 unspecified atom stereocenters. The molecule has 1 aliphatic rings. The zero-order chi connectivity index (χ0) is 24.3. The Labute approximate surface area is 207 Å². The Bertz CT molecular complexity index is 1730. The summed E-state index contributed by atoms with van der Waals surface area (Å²) in [6.45, 7) is 4.00. The van der Waals surface area contributed by atoms with Crippen LogP contribution in [0, 0.1) is 23.7 Å². The molecule has 1 saturated heterocycles. The smallest absolute Gasteiger partial charge is 0.207 e. The Morgan fingerprint density at radius 1 is 1.00 bits per heavy atom. The van der Waals surface area contributed by atoms with Gasteiger partial charge in [-0.1, -0.05) is 29.8 Å². The molecule has 0 saturated carbocycles. The number of nitriles is 1. The molecule has 0 atom stereocenters. The Hall–Kier alpha value is -4.08. The van der Waals surface area contributed by atoms with Crippen LogP contribution in [0.25, 0.3) is 38.8 Å². The van der Waals surface area contributed by atoms with Crippen LogP contribution in [-0.2, 0) is 7.05 Å². The van der Waals surface area contributed by atoms with E-state index >= 15 is 0 Å². The molecule has 1 N–H and O–H groups in total. The number of nitrogens with one attached hydrogen (secondary N) is 1. The lowest BCUT2D eigenvalue weighted by molar-refractivity contribution is 0.617. The van der Waals surface area contributed by atoms with Crippen molar-refractivity contribution in [2.75, 3.05) is 18.0 Å². The summed E-state index contributed by atoms with van der Waals surface area (Å²) in [6.07, 6.45) is 2.97. The second kappa shape index (κ2) is 8.00. The molecule has 0 amide bonds. The van der Waals surface area contributed by atoms with E-state index in [2.05, 4.69) is 34.2 Å². The van der Waals surface area contributed by atoms with Gasteiger partial charge in [-0.15, -0.1) is 0 Å². The zero-order valence-electron chi connectivity index (χ0n) is 19.5. The quantitative estimate of drug-likeness (QED) is 0.361. The summed E-state index contributed by atoms with van der Waals surface area (Å²) in [6, 6.07) is 20.4. The van der Waals surface area contributed by atoms with Crippen molar-refractivity contribution in [1.29, 1.82) is 10.7 Å². The Morgan fingerprint density at radius 2 is 1.74 bits per heavy atom. The fourth-order valence-electron chi connectivity index (χ4n) is 4.91. The van der Waals surface area contributed by atoms with E-state index in [9.17, 15) is 5.26 Å². The van der Waals surface area contributed by atoms with Crippen molar-refractivity contribution in [2.45, 2.75) is 13.3 Å². The van der Waals surface area contributed by atoms with Crippen LogP contribution in [0.1, 0.15) is 17.5 Å². The lowest BCUT2D eigenvalue weighted by Gasteiger charge is -2.34. The number of halogens is 1. The van der Waals surface area contributed by atoms with Crippen LogP contribution in [0.5, 0.6) is 0 Å². The van der Waals surface area contributed by atoms with Crippen LogP contribution >= 0.6 is 11.6 Å². The second-order valence-corrected chi connectivity index (χ2v) is 9.49. The van der Waals surface area contributed by atoms with E-state index in [1.54, 1.807) is 0 Å². The molecular formula is C28H23ClN6. The molecule has 0 bridgehead atoms. The summed E-state index contributed by atoms with van der Waals surface area (Å²) in [5.41, 5.74) is 8.53. The van der Waals surface area contributed by atoms with Crippen LogP contribution in [0.3, 0.4) is 0 Å². The van der Waals surface area contributed by atoms with Gasteiger partial charge in [-0.2, -0.15) is 5.26 Å². The minimum Gasteiger partial charge on any atom is -0.370 e.